The molecule has 0 amide bonds. The molecule has 0 aliphatic rings. The fourth-order valence-corrected chi connectivity index (χ4v) is 1.83. The highest BCUT2D eigenvalue weighted by atomic mass is 79.9. The van der Waals surface area contributed by atoms with Gasteiger partial charge in [-0.2, -0.15) is 0 Å². The molecule has 0 bridgehead atoms. The van der Waals surface area contributed by atoms with Crippen LogP contribution in [0.3, 0.4) is 0 Å². The molecule has 0 fully saturated rings. The molecule has 0 radical (unpaired) electrons. The Morgan fingerprint density at radius 2 is 1.95 bits per heavy atom. The second-order valence-corrected chi connectivity index (χ2v) is 4.64. The molecule has 0 unspecified atom stereocenters. The molecule has 0 N–H and O–H groups in total. The van der Waals surface area contributed by atoms with Gasteiger partial charge in [-0.15, -0.1) is 13.2 Å². The molecule has 1 aromatic carbocycles. The van der Waals surface area contributed by atoms with Crippen LogP contribution in [0.25, 0.3) is 0 Å². The molecule has 0 atom stereocenters. The van der Waals surface area contributed by atoms with Crippen molar-refractivity contribution in [2.24, 2.45) is 0 Å². The van der Waals surface area contributed by atoms with E-state index in [9.17, 15) is 18.0 Å². The number of benzene rings is 1. The van der Waals surface area contributed by atoms with Gasteiger partial charge in [0.05, 0.1) is 4.47 Å². The summed E-state index contributed by atoms with van der Waals surface area (Å²) in [6.07, 6.45) is -2.81. The van der Waals surface area contributed by atoms with E-state index >= 15 is 0 Å². The first-order chi connectivity index (χ1) is 9.87. The van der Waals surface area contributed by atoms with Gasteiger partial charge in [-0.25, -0.2) is 4.98 Å². The number of hydrogen-bond acceptors (Lipinski definition) is 4. The van der Waals surface area contributed by atoms with Crippen molar-refractivity contribution in [3.8, 4) is 17.4 Å². The number of halogens is 4. The fourth-order valence-electron chi connectivity index (χ4n) is 1.40. The third kappa shape index (κ3) is 4.45. The van der Waals surface area contributed by atoms with Crippen LogP contribution in [0.4, 0.5) is 13.2 Å². The predicted octanol–water partition coefficient (Wildman–Crippen LogP) is 4.35. The smallest absolute Gasteiger partial charge is 0.439 e. The average Bonchev–Trinajstić information content (AvgIpc) is 2.41. The van der Waals surface area contributed by atoms with Crippen LogP contribution in [-0.2, 0) is 0 Å². The Kier molecular flexibility index (Phi) is 4.46. The number of hydrogen-bond donors (Lipinski definition) is 0. The molecule has 2 rings (SSSR count). The first-order valence-corrected chi connectivity index (χ1v) is 6.31. The summed E-state index contributed by atoms with van der Waals surface area (Å²) in [7, 11) is 0. The van der Waals surface area contributed by atoms with E-state index < -0.39 is 6.36 Å². The molecular formula is C13H7BrF3NO3. The molecule has 1 heterocycles. The number of nitrogens with zero attached hydrogens (tertiary/aromatic N) is 1. The lowest BCUT2D eigenvalue weighted by Crippen LogP contribution is -2.17. The Balaban J connectivity index is 2.14. The van der Waals surface area contributed by atoms with E-state index in [-0.39, 0.29) is 21.9 Å². The second-order valence-electron chi connectivity index (χ2n) is 3.79. The summed E-state index contributed by atoms with van der Waals surface area (Å²) in [5.74, 6) is 0.0962. The summed E-state index contributed by atoms with van der Waals surface area (Å²) in [6, 6.07) is 6.72. The minimum atomic E-state index is -4.77. The summed E-state index contributed by atoms with van der Waals surface area (Å²) in [4.78, 5) is 14.4. The first-order valence-electron chi connectivity index (χ1n) is 5.52. The van der Waals surface area contributed by atoms with Gasteiger partial charge >= 0.3 is 6.36 Å². The van der Waals surface area contributed by atoms with Crippen molar-refractivity contribution in [1.82, 2.24) is 4.98 Å². The Labute approximate surface area is 125 Å². The zero-order valence-electron chi connectivity index (χ0n) is 10.2. The molecule has 21 heavy (non-hydrogen) atoms. The van der Waals surface area contributed by atoms with Crippen molar-refractivity contribution in [3.05, 3.63) is 46.6 Å². The molecule has 4 nitrogen and oxygen atoms in total. The van der Waals surface area contributed by atoms with E-state index in [4.69, 9.17) is 4.74 Å². The fraction of sp³-hybridized carbons (Fsp3) is 0.0769. The molecule has 1 aromatic heterocycles. The molecule has 0 aliphatic heterocycles. The molecule has 0 saturated carbocycles. The monoisotopic (exact) mass is 361 g/mol. The number of carbonyl (C=O) groups excluding carboxylic acids is 1. The van der Waals surface area contributed by atoms with Gasteiger partial charge in [-0.05, 0) is 40.2 Å². The zero-order chi connectivity index (χ0) is 15.5. The minimum absolute atomic E-state index is 0.0850. The normalized spacial score (nSPS) is 11.0. The van der Waals surface area contributed by atoms with Gasteiger partial charge in [-0.3, -0.25) is 4.79 Å². The van der Waals surface area contributed by atoms with Gasteiger partial charge < -0.3 is 9.47 Å². The van der Waals surface area contributed by atoms with Crippen LogP contribution in [-0.4, -0.2) is 17.6 Å². The van der Waals surface area contributed by atoms with Gasteiger partial charge in [0.25, 0.3) is 0 Å². The summed E-state index contributed by atoms with van der Waals surface area (Å²) in [5.41, 5.74) is 0.387. The molecule has 0 aliphatic carbocycles. The Morgan fingerprint density at radius 1 is 1.19 bits per heavy atom. The Bertz CT molecular complexity index is 644. The van der Waals surface area contributed by atoms with Crippen LogP contribution in [0.5, 0.6) is 17.4 Å². The maximum absolute atomic E-state index is 12.1. The lowest BCUT2D eigenvalue weighted by molar-refractivity contribution is -0.274. The highest BCUT2D eigenvalue weighted by Crippen LogP contribution is 2.34. The van der Waals surface area contributed by atoms with Crippen LogP contribution in [0.1, 0.15) is 10.4 Å². The summed E-state index contributed by atoms with van der Waals surface area (Å²) in [5, 5.41) is 0. The number of rotatable bonds is 4. The van der Waals surface area contributed by atoms with E-state index in [2.05, 4.69) is 25.7 Å². The Hall–Kier alpha value is -2.09. The molecule has 110 valence electrons. The number of pyridine rings is 1. The van der Waals surface area contributed by atoms with Crippen LogP contribution in [0.15, 0.2) is 41.0 Å². The topological polar surface area (TPSA) is 48.4 Å². The molecular weight excluding hydrogens is 355 g/mol. The number of alkyl halides is 3. The molecule has 8 heteroatoms. The molecule has 0 saturated heterocycles. The summed E-state index contributed by atoms with van der Waals surface area (Å²) >= 11 is 2.96. The van der Waals surface area contributed by atoms with Crippen molar-refractivity contribution in [1.29, 1.82) is 0 Å². The quantitative estimate of drug-likeness (QED) is 0.759. The van der Waals surface area contributed by atoms with Crippen molar-refractivity contribution in [2.45, 2.75) is 6.36 Å². The number of aldehydes is 1. The zero-order valence-corrected chi connectivity index (χ0v) is 11.8. The maximum Gasteiger partial charge on any atom is 0.573 e. The van der Waals surface area contributed by atoms with Crippen molar-refractivity contribution in [3.63, 3.8) is 0 Å². The van der Waals surface area contributed by atoms with E-state index in [0.29, 0.717) is 11.8 Å². The second kappa shape index (κ2) is 6.13. The van der Waals surface area contributed by atoms with Gasteiger partial charge in [0.2, 0.25) is 5.88 Å². The average molecular weight is 362 g/mol. The molecule has 0 spiro atoms. The predicted molar refractivity (Wildman–Crippen MR) is 70.5 cm³/mol. The summed E-state index contributed by atoms with van der Waals surface area (Å²) in [6.45, 7) is 0. The van der Waals surface area contributed by atoms with Crippen LogP contribution < -0.4 is 9.47 Å². The molecule has 2 aromatic rings. The van der Waals surface area contributed by atoms with Crippen molar-refractivity contribution in [2.75, 3.05) is 0 Å². The highest BCUT2D eigenvalue weighted by molar-refractivity contribution is 9.10. The first kappa shape index (κ1) is 15.3. The van der Waals surface area contributed by atoms with Gasteiger partial charge in [-0.1, -0.05) is 0 Å². The third-order valence-electron chi connectivity index (χ3n) is 2.25. The maximum atomic E-state index is 12.1. The van der Waals surface area contributed by atoms with Crippen LogP contribution in [0, 0.1) is 0 Å². The van der Waals surface area contributed by atoms with Crippen molar-refractivity contribution < 1.29 is 27.4 Å². The van der Waals surface area contributed by atoms with E-state index in [1.165, 1.54) is 30.5 Å². The highest BCUT2D eigenvalue weighted by Gasteiger charge is 2.32. The van der Waals surface area contributed by atoms with Gasteiger partial charge in [0, 0.05) is 17.8 Å². The Morgan fingerprint density at radius 3 is 2.48 bits per heavy atom. The summed E-state index contributed by atoms with van der Waals surface area (Å²) < 4.78 is 45.6. The number of ether oxygens (including phenoxy) is 2. The number of aromatic nitrogens is 1. The van der Waals surface area contributed by atoms with Crippen LogP contribution in [0.2, 0.25) is 0 Å². The minimum Gasteiger partial charge on any atom is -0.439 e. The van der Waals surface area contributed by atoms with E-state index in [1.807, 2.05) is 0 Å². The van der Waals surface area contributed by atoms with Crippen LogP contribution >= 0.6 is 15.9 Å². The lowest BCUT2D eigenvalue weighted by atomic mass is 10.3. The standard InChI is InChI=1S/C13H7BrF3NO3/c14-10-5-9(2-3-11(10)21-13(15,16)17)20-12-4-1-8(7-19)6-18-12/h1-7H. The van der Waals surface area contributed by atoms with Gasteiger partial charge in [0.1, 0.15) is 11.5 Å². The van der Waals surface area contributed by atoms with E-state index in [1.54, 1.807) is 0 Å². The lowest BCUT2D eigenvalue weighted by Gasteiger charge is -2.11. The largest absolute Gasteiger partial charge is 0.573 e. The SMILES string of the molecule is O=Cc1ccc(Oc2ccc(OC(F)(F)F)c(Br)c2)nc1. The van der Waals surface area contributed by atoms with Gasteiger partial charge in [0.15, 0.2) is 6.29 Å². The van der Waals surface area contributed by atoms with E-state index in [0.717, 1.165) is 6.07 Å². The van der Waals surface area contributed by atoms with Crippen molar-refractivity contribution >= 4 is 22.2 Å². The number of carbonyl (C=O) groups is 1. The third-order valence-corrected chi connectivity index (χ3v) is 2.87.